The van der Waals surface area contributed by atoms with Crippen LogP contribution in [0.25, 0.3) is 10.8 Å². The second-order valence-corrected chi connectivity index (χ2v) is 2.35. The van der Waals surface area contributed by atoms with Gasteiger partial charge in [0.25, 0.3) is 0 Å². The van der Waals surface area contributed by atoms with Crippen LogP contribution in [0.2, 0.25) is 0 Å². The standard InChI is InChI=1S/C10H8.2K.2H/c1-2-6-10-8-4-3-7-9(10)5-1;;;;/h1-8H;;;;/q;2*+1;2*-1. The molecule has 0 aliphatic rings. The van der Waals surface area contributed by atoms with Gasteiger partial charge in [-0.1, -0.05) is 48.5 Å². The molecule has 0 nitrogen and oxygen atoms in total. The zero-order valence-corrected chi connectivity index (χ0v) is 13.9. The van der Waals surface area contributed by atoms with Gasteiger partial charge in [-0.15, -0.1) is 0 Å². The zero-order valence-electron chi connectivity index (χ0n) is 9.62. The second kappa shape index (κ2) is 7.29. The molecule has 2 rings (SSSR count). The smallest absolute Gasteiger partial charge is 1.00 e. The van der Waals surface area contributed by atoms with Gasteiger partial charge >= 0.3 is 103 Å². The molecule has 0 saturated carbocycles. The first kappa shape index (κ1) is 14.0. The fourth-order valence-corrected chi connectivity index (χ4v) is 1.13. The van der Waals surface area contributed by atoms with Crippen LogP contribution in [-0.4, -0.2) is 0 Å². The first-order valence-corrected chi connectivity index (χ1v) is 3.40. The number of hydrogen-bond donors (Lipinski definition) is 0. The molecule has 0 bridgehead atoms. The Morgan fingerprint density at radius 2 is 0.833 bits per heavy atom. The molecule has 0 unspecified atom stereocenters. The van der Waals surface area contributed by atoms with Crippen molar-refractivity contribution >= 4 is 10.8 Å². The van der Waals surface area contributed by atoms with E-state index in [2.05, 4.69) is 48.5 Å². The van der Waals surface area contributed by atoms with E-state index in [9.17, 15) is 0 Å². The molecule has 2 heteroatoms. The maximum Gasteiger partial charge on any atom is 1.00 e. The van der Waals surface area contributed by atoms with Crippen LogP contribution in [0.15, 0.2) is 48.5 Å². The fourth-order valence-electron chi connectivity index (χ4n) is 1.13. The third-order valence-electron chi connectivity index (χ3n) is 1.66. The molecule has 0 aliphatic heterocycles. The molecule has 0 aromatic heterocycles. The van der Waals surface area contributed by atoms with E-state index in [-0.39, 0.29) is 106 Å². The summed E-state index contributed by atoms with van der Waals surface area (Å²) in [5.74, 6) is 0. The van der Waals surface area contributed by atoms with Crippen molar-refractivity contribution in [3.63, 3.8) is 0 Å². The second-order valence-electron chi connectivity index (χ2n) is 2.35. The Kier molecular flexibility index (Phi) is 8.49. The van der Waals surface area contributed by atoms with Gasteiger partial charge in [-0.3, -0.25) is 0 Å². The molecule has 0 heterocycles. The van der Waals surface area contributed by atoms with E-state index in [0.717, 1.165) is 0 Å². The Balaban J connectivity index is -0.000000302. The molecule has 12 heavy (non-hydrogen) atoms. The van der Waals surface area contributed by atoms with Crippen molar-refractivity contribution < 1.29 is 106 Å². The summed E-state index contributed by atoms with van der Waals surface area (Å²) in [5.41, 5.74) is 0. The molecule has 0 N–H and O–H groups in total. The summed E-state index contributed by atoms with van der Waals surface area (Å²) in [6.07, 6.45) is 0. The summed E-state index contributed by atoms with van der Waals surface area (Å²) >= 11 is 0. The Hall–Kier alpha value is 1.97. The van der Waals surface area contributed by atoms with Crippen molar-refractivity contribution in [2.75, 3.05) is 0 Å². The first-order chi connectivity index (χ1) is 4.97. The van der Waals surface area contributed by atoms with Crippen LogP contribution in [-0.2, 0) is 0 Å². The monoisotopic (exact) mass is 208 g/mol. The van der Waals surface area contributed by atoms with Gasteiger partial charge in [0.15, 0.2) is 0 Å². The van der Waals surface area contributed by atoms with Crippen molar-refractivity contribution in [3.8, 4) is 0 Å². The van der Waals surface area contributed by atoms with Gasteiger partial charge in [0, 0.05) is 0 Å². The normalized spacial score (nSPS) is 8.33. The van der Waals surface area contributed by atoms with E-state index in [1.165, 1.54) is 10.8 Å². The molecular weight excluding hydrogens is 198 g/mol. The van der Waals surface area contributed by atoms with E-state index in [4.69, 9.17) is 0 Å². The summed E-state index contributed by atoms with van der Waals surface area (Å²) in [7, 11) is 0. The molecule has 2 aromatic carbocycles. The maximum absolute atomic E-state index is 2.12. The molecule has 0 aliphatic carbocycles. The fraction of sp³-hybridized carbons (Fsp3) is 0. The zero-order chi connectivity index (χ0) is 6.81. The number of hydrogen-bond acceptors (Lipinski definition) is 0. The van der Waals surface area contributed by atoms with E-state index >= 15 is 0 Å². The molecule has 0 spiro atoms. The maximum atomic E-state index is 2.12. The molecule has 0 atom stereocenters. The third-order valence-corrected chi connectivity index (χ3v) is 1.66. The van der Waals surface area contributed by atoms with Crippen molar-refractivity contribution in [3.05, 3.63) is 48.5 Å². The molecule has 0 saturated heterocycles. The van der Waals surface area contributed by atoms with Crippen LogP contribution >= 0.6 is 0 Å². The van der Waals surface area contributed by atoms with Crippen LogP contribution in [0.1, 0.15) is 2.85 Å². The average Bonchev–Trinajstić information content (AvgIpc) is 2.05. The van der Waals surface area contributed by atoms with Crippen molar-refractivity contribution in [2.45, 2.75) is 0 Å². The largest absolute Gasteiger partial charge is 1.00 e. The Morgan fingerprint density at radius 3 is 1.08 bits per heavy atom. The quantitative estimate of drug-likeness (QED) is 0.407. The predicted octanol–water partition coefficient (Wildman–Crippen LogP) is -2.93. The molecular formula is C10H10K2. The summed E-state index contributed by atoms with van der Waals surface area (Å²) in [6.45, 7) is 0. The predicted molar refractivity (Wildman–Crippen MR) is 46.2 cm³/mol. The van der Waals surface area contributed by atoms with Crippen LogP contribution in [0.3, 0.4) is 0 Å². The van der Waals surface area contributed by atoms with Crippen LogP contribution < -0.4 is 103 Å². The van der Waals surface area contributed by atoms with E-state index in [0.29, 0.717) is 0 Å². The van der Waals surface area contributed by atoms with E-state index in [1.54, 1.807) is 0 Å². The minimum Gasteiger partial charge on any atom is -1.00 e. The summed E-state index contributed by atoms with van der Waals surface area (Å²) in [6, 6.07) is 16.7. The molecule has 52 valence electrons. The Bertz CT molecular complexity index is 287. The van der Waals surface area contributed by atoms with Gasteiger partial charge < -0.3 is 2.85 Å². The number of rotatable bonds is 0. The minimum absolute atomic E-state index is 0. The molecule has 2 aromatic rings. The first-order valence-electron chi connectivity index (χ1n) is 3.40. The van der Waals surface area contributed by atoms with Crippen molar-refractivity contribution in [1.29, 1.82) is 0 Å². The van der Waals surface area contributed by atoms with Gasteiger partial charge in [0.1, 0.15) is 0 Å². The van der Waals surface area contributed by atoms with Gasteiger partial charge in [0.05, 0.1) is 0 Å². The van der Waals surface area contributed by atoms with Crippen LogP contribution in [0, 0.1) is 0 Å². The van der Waals surface area contributed by atoms with Gasteiger partial charge in [0.2, 0.25) is 0 Å². The minimum atomic E-state index is 0. The summed E-state index contributed by atoms with van der Waals surface area (Å²) < 4.78 is 0. The van der Waals surface area contributed by atoms with E-state index < -0.39 is 0 Å². The Labute approximate surface area is 161 Å². The number of benzene rings is 2. The van der Waals surface area contributed by atoms with E-state index in [1.807, 2.05) is 0 Å². The van der Waals surface area contributed by atoms with Gasteiger partial charge in [-0.05, 0) is 10.8 Å². The molecule has 0 amide bonds. The van der Waals surface area contributed by atoms with Crippen molar-refractivity contribution in [1.82, 2.24) is 0 Å². The van der Waals surface area contributed by atoms with Crippen molar-refractivity contribution in [2.24, 2.45) is 0 Å². The Morgan fingerprint density at radius 1 is 0.583 bits per heavy atom. The average molecular weight is 208 g/mol. The number of fused-ring (bicyclic) bond motifs is 1. The SMILES string of the molecule is [H-].[H-].[K+].[K+].c1ccc2ccccc2c1. The summed E-state index contributed by atoms with van der Waals surface area (Å²) in [4.78, 5) is 0. The van der Waals surface area contributed by atoms with Crippen LogP contribution in [0.4, 0.5) is 0 Å². The van der Waals surface area contributed by atoms with Gasteiger partial charge in [-0.25, -0.2) is 0 Å². The third kappa shape index (κ3) is 3.61. The summed E-state index contributed by atoms with van der Waals surface area (Å²) in [5, 5.41) is 2.62. The molecule has 0 fully saturated rings. The molecule has 0 radical (unpaired) electrons. The van der Waals surface area contributed by atoms with Crippen LogP contribution in [0.5, 0.6) is 0 Å². The topological polar surface area (TPSA) is 0 Å². The van der Waals surface area contributed by atoms with Gasteiger partial charge in [-0.2, -0.15) is 0 Å².